The van der Waals surface area contributed by atoms with Crippen LogP contribution in [0.5, 0.6) is 0 Å². The van der Waals surface area contributed by atoms with Crippen molar-refractivity contribution in [1.29, 1.82) is 5.26 Å². The third kappa shape index (κ3) is 3.92. The van der Waals surface area contributed by atoms with Gasteiger partial charge in [-0.3, -0.25) is 4.90 Å². The number of anilines is 1. The Morgan fingerprint density at radius 3 is 2.25 bits per heavy atom. The largest absolute Gasteiger partial charge is 0.371 e. The quantitative estimate of drug-likeness (QED) is 0.813. The van der Waals surface area contributed by atoms with Gasteiger partial charge in [-0.1, -0.05) is 20.8 Å². The highest BCUT2D eigenvalue weighted by molar-refractivity contribution is 5.50. The average molecular weight is 326 g/mol. The third-order valence-corrected chi connectivity index (χ3v) is 6.02. The Morgan fingerprint density at radius 2 is 1.67 bits per heavy atom. The molecule has 0 radical (unpaired) electrons. The molecule has 1 unspecified atom stereocenters. The second-order valence-corrected chi connectivity index (χ2v) is 8.58. The monoisotopic (exact) mass is 325 g/mol. The molecule has 2 saturated heterocycles. The first-order valence-corrected chi connectivity index (χ1v) is 9.46. The summed E-state index contributed by atoms with van der Waals surface area (Å²) < 4.78 is 0. The van der Waals surface area contributed by atoms with Crippen LogP contribution in [-0.2, 0) is 0 Å². The van der Waals surface area contributed by atoms with Gasteiger partial charge in [0, 0.05) is 31.4 Å². The molecule has 0 bridgehead atoms. The van der Waals surface area contributed by atoms with Crippen LogP contribution in [0.25, 0.3) is 0 Å². The van der Waals surface area contributed by atoms with Crippen molar-refractivity contribution in [3.63, 3.8) is 0 Å². The van der Waals surface area contributed by atoms with Crippen LogP contribution in [0, 0.1) is 22.7 Å². The van der Waals surface area contributed by atoms with Gasteiger partial charge in [0.25, 0.3) is 0 Å². The van der Waals surface area contributed by atoms with E-state index < -0.39 is 0 Å². The van der Waals surface area contributed by atoms with Crippen LogP contribution in [0.2, 0.25) is 0 Å². The lowest BCUT2D eigenvalue weighted by Crippen LogP contribution is -2.50. The van der Waals surface area contributed by atoms with Gasteiger partial charge in [-0.25, -0.2) is 0 Å². The van der Waals surface area contributed by atoms with Gasteiger partial charge in [-0.05, 0) is 67.8 Å². The third-order valence-electron chi connectivity index (χ3n) is 6.02. The van der Waals surface area contributed by atoms with E-state index >= 15 is 0 Å². The molecular formula is C21H31N3. The van der Waals surface area contributed by atoms with E-state index in [2.05, 4.69) is 48.8 Å². The Labute approximate surface area is 147 Å². The fourth-order valence-electron chi connectivity index (χ4n) is 4.28. The van der Waals surface area contributed by atoms with Gasteiger partial charge in [-0.15, -0.1) is 0 Å². The fraction of sp³-hybridized carbons (Fsp3) is 0.667. The maximum atomic E-state index is 8.93. The van der Waals surface area contributed by atoms with Crippen LogP contribution in [-0.4, -0.2) is 37.1 Å². The zero-order chi connectivity index (χ0) is 17.2. The second-order valence-electron chi connectivity index (χ2n) is 8.58. The summed E-state index contributed by atoms with van der Waals surface area (Å²) in [5.74, 6) is 0.836. The van der Waals surface area contributed by atoms with Crippen molar-refractivity contribution in [2.75, 3.05) is 31.1 Å². The molecule has 2 aliphatic heterocycles. The minimum atomic E-state index is 0.432. The molecule has 0 aromatic heterocycles. The molecule has 3 heteroatoms. The molecule has 0 saturated carbocycles. The first kappa shape index (κ1) is 17.3. The van der Waals surface area contributed by atoms with Crippen molar-refractivity contribution in [3.05, 3.63) is 29.8 Å². The smallest absolute Gasteiger partial charge is 0.0991 e. The van der Waals surface area contributed by atoms with E-state index in [1.807, 2.05) is 12.1 Å². The molecular weight excluding hydrogens is 294 g/mol. The van der Waals surface area contributed by atoms with Crippen LogP contribution in [0.1, 0.15) is 52.0 Å². The molecule has 0 amide bonds. The molecule has 0 N–H and O–H groups in total. The van der Waals surface area contributed by atoms with E-state index in [0.29, 0.717) is 5.41 Å². The Balaban J connectivity index is 1.55. The topological polar surface area (TPSA) is 30.3 Å². The average Bonchev–Trinajstić information content (AvgIpc) is 2.61. The Hall–Kier alpha value is -1.53. The minimum absolute atomic E-state index is 0.432. The van der Waals surface area contributed by atoms with Gasteiger partial charge in [0.15, 0.2) is 0 Å². The molecule has 1 aromatic rings. The van der Waals surface area contributed by atoms with Crippen LogP contribution < -0.4 is 4.90 Å². The molecule has 0 spiro atoms. The maximum Gasteiger partial charge on any atom is 0.0991 e. The SMILES string of the molecule is CC(C)(C)C1CCCN(C2CCN(c3ccc(C#N)cc3)CC2)C1. The number of nitrogens with zero attached hydrogens (tertiary/aromatic N) is 3. The highest BCUT2D eigenvalue weighted by atomic mass is 15.2. The van der Waals surface area contributed by atoms with Crippen molar-refractivity contribution in [1.82, 2.24) is 4.90 Å². The Kier molecular flexibility index (Phi) is 5.15. The standard InChI is InChI=1S/C21H31N3/c1-21(2,3)18-5-4-12-24(16-18)20-10-13-23(14-11-20)19-8-6-17(15-22)7-9-19/h6-9,18,20H,4-5,10-14,16H2,1-3H3. The predicted molar refractivity (Wildman–Crippen MR) is 100 cm³/mol. The molecule has 24 heavy (non-hydrogen) atoms. The van der Waals surface area contributed by atoms with Gasteiger partial charge in [0.05, 0.1) is 11.6 Å². The van der Waals surface area contributed by atoms with E-state index in [0.717, 1.165) is 30.6 Å². The summed E-state index contributed by atoms with van der Waals surface area (Å²) in [6, 6.07) is 11.0. The molecule has 130 valence electrons. The number of benzene rings is 1. The lowest BCUT2D eigenvalue weighted by molar-refractivity contribution is 0.0593. The van der Waals surface area contributed by atoms with Crippen LogP contribution in [0.4, 0.5) is 5.69 Å². The highest BCUT2D eigenvalue weighted by Crippen LogP contribution is 2.35. The van der Waals surface area contributed by atoms with Crippen molar-refractivity contribution in [2.45, 2.75) is 52.5 Å². The number of nitriles is 1. The number of piperidine rings is 2. The number of hydrogen-bond acceptors (Lipinski definition) is 3. The van der Waals surface area contributed by atoms with Crippen molar-refractivity contribution >= 4 is 5.69 Å². The zero-order valence-electron chi connectivity index (χ0n) is 15.5. The summed E-state index contributed by atoms with van der Waals surface area (Å²) in [7, 11) is 0. The second kappa shape index (κ2) is 7.15. The van der Waals surface area contributed by atoms with Gasteiger partial charge in [0.2, 0.25) is 0 Å². The molecule has 2 aliphatic rings. The first-order chi connectivity index (χ1) is 11.5. The van der Waals surface area contributed by atoms with Gasteiger partial charge >= 0.3 is 0 Å². The number of hydrogen-bond donors (Lipinski definition) is 0. The fourth-order valence-corrected chi connectivity index (χ4v) is 4.28. The summed E-state index contributed by atoms with van der Waals surface area (Å²) >= 11 is 0. The van der Waals surface area contributed by atoms with Gasteiger partial charge < -0.3 is 4.90 Å². The summed E-state index contributed by atoms with van der Waals surface area (Å²) in [6.07, 6.45) is 5.27. The maximum absolute atomic E-state index is 8.93. The molecule has 2 heterocycles. The molecule has 3 rings (SSSR count). The highest BCUT2D eigenvalue weighted by Gasteiger charge is 2.33. The van der Waals surface area contributed by atoms with E-state index in [9.17, 15) is 0 Å². The van der Waals surface area contributed by atoms with Crippen molar-refractivity contribution < 1.29 is 0 Å². The normalized spacial score (nSPS) is 23.9. The molecule has 2 fully saturated rings. The Bertz CT molecular complexity index is 571. The summed E-state index contributed by atoms with van der Waals surface area (Å²) in [6.45, 7) is 12.0. The van der Waals surface area contributed by atoms with E-state index in [1.54, 1.807) is 0 Å². The van der Waals surface area contributed by atoms with E-state index in [1.165, 1.54) is 44.5 Å². The van der Waals surface area contributed by atoms with Gasteiger partial charge in [0.1, 0.15) is 0 Å². The first-order valence-electron chi connectivity index (χ1n) is 9.46. The summed E-state index contributed by atoms with van der Waals surface area (Å²) in [5, 5.41) is 8.93. The van der Waals surface area contributed by atoms with Crippen LogP contribution in [0.15, 0.2) is 24.3 Å². The predicted octanol–water partition coefficient (Wildman–Crippen LogP) is 4.29. The summed E-state index contributed by atoms with van der Waals surface area (Å²) in [5.41, 5.74) is 2.44. The van der Waals surface area contributed by atoms with Crippen LogP contribution in [0.3, 0.4) is 0 Å². The van der Waals surface area contributed by atoms with Crippen molar-refractivity contribution in [3.8, 4) is 6.07 Å². The van der Waals surface area contributed by atoms with E-state index in [-0.39, 0.29) is 0 Å². The molecule has 0 aliphatic carbocycles. The number of rotatable bonds is 2. The van der Waals surface area contributed by atoms with Crippen molar-refractivity contribution in [2.24, 2.45) is 11.3 Å². The Morgan fingerprint density at radius 1 is 1.00 bits per heavy atom. The minimum Gasteiger partial charge on any atom is -0.371 e. The zero-order valence-corrected chi connectivity index (χ0v) is 15.5. The lowest BCUT2D eigenvalue weighted by Gasteiger charge is -2.45. The molecule has 1 atom stereocenters. The van der Waals surface area contributed by atoms with Crippen LogP contribution >= 0.6 is 0 Å². The summed E-state index contributed by atoms with van der Waals surface area (Å²) in [4.78, 5) is 5.25. The molecule has 1 aromatic carbocycles. The van der Waals surface area contributed by atoms with E-state index in [4.69, 9.17) is 5.26 Å². The number of likely N-dealkylation sites (tertiary alicyclic amines) is 1. The molecule has 3 nitrogen and oxygen atoms in total. The lowest BCUT2D eigenvalue weighted by atomic mass is 9.76. The van der Waals surface area contributed by atoms with Gasteiger partial charge in [-0.2, -0.15) is 5.26 Å².